The molecule has 0 aromatic heterocycles. The van der Waals surface area contributed by atoms with E-state index < -0.39 is 16.8 Å². The average Bonchev–Trinajstić information content (AvgIpc) is 1.96. The molecule has 0 radical (unpaired) electrons. The Morgan fingerprint density at radius 3 is 1.60 bits per heavy atom. The van der Waals surface area contributed by atoms with Crippen LogP contribution in [0.15, 0.2) is 0 Å². The maximum absolute atomic E-state index is 6.34. The van der Waals surface area contributed by atoms with Gasteiger partial charge in [-0.25, -0.2) is 0 Å². The molecule has 15 heavy (non-hydrogen) atoms. The largest absolute Gasteiger partial charge is 0.445 e. The van der Waals surface area contributed by atoms with E-state index in [2.05, 4.69) is 70.3 Å². The summed E-state index contributed by atoms with van der Waals surface area (Å²) in [5, 5.41) is 0. The van der Waals surface area contributed by atoms with Crippen molar-refractivity contribution in [3.8, 4) is 0 Å². The van der Waals surface area contributed by atoms with Crippen molar-refractivity contribution in [2.75, 3.05) is 21.1 Å². The van der Waals surface area contributed by atoms with Gasteiger partial charge in [0.25, 0.3) is 8.48 Å². The summed E-state index contributed by atoms with van der Waals surface area (Å²) in [6, 6.07) is 0. The minimum absolute atomic E-state index is 0.433. The molecule has 0 N–H and O–H groups in total. The van der Waals surface area contributed by atoms with Crippen molar-refractivity contribution in [1.82, 2.24) is 9.47 Å². The SMILES string of the molecule is CC(N(C)C)N(C)[Si](C)(C)O[Si](C)(C)C. The third-order valence-corrected chi connectivity index (χ3v) is 9.23. The second-order valence-corrected chi connectivity index (χ2v) is 14.5. The van der Waals surface area contributed by atoms with Crippen LogP contribution in [-0.4, -0.2) is 53.6 Å². The fraction of sp³-hybridized carbons (Fsp3) is 1.00. The molecule has 1 atom stereocenters. The van der Waals surface area contributed by atoms with Crippen LogP contribution in [0.2, 0.25) is 32.7 Å². The maximum atomic E-state index is 6.34. The van der Waals surface area contributed by atoms with E-state index in [0.717, 1.165) is 0 Å². The summed E-state index contributed by atoms with van der Waals surface area (Å²) < 4.78 is 8.74. The quantitative estimate of drug-likeness (QED) is 0.549. The van der Waals surface area contributed by atoms with Gasteiger partial charge in [-0.05, 0) is 60.8 Å². The third kappa shape index (κ3) is 5.26. The molecule has 5 heteroatoms. The molecule has 0 rings (SSSR count). The minimum atomic E-state index is -1.71. The predicted molar refractivity (Wildman–Crippen MR) is 72.8 cm³/mol. The highest BCUT2D eigenvalue weighted by molar-refractivity contribution is 6.82. The van der Waals surface area contributed by atoms with Gasteiger partial charge in [0, 0.05) is 0 Å². The normalized spacial score (nSPS) is 16.2. The summed E-state index contributed by atoms with van der Waals surface area (Å²) in [5.74, 6) is 0. The molecular formula is C10H28N2OSi2. The van der Waals surface area contributed by atoms with Crippen molar-refractivity contribution < 1.29 is 4.12 Å². The van der Waals surface area contributed by atoms with Gasteiger partial charge in [0.2, 0.25) is 0 Å². The van der Waals surface area contributed by atoms with Crippen molar-refractivity contribution in [3.63, 3.8) is 0 Å². The highest BCUT2D eigenvalue weighted by atomic mass is 28.4. The van der Waals surface area contributed by atoms with Gasteiger partial charge >= 0.3 is 0 Å². The van der Waals surface area contributed by atoms with Crippen molar-refractivity contribution in [1.29, 1.82) is 0 Å². The van der Waals surface area contributed by atoms with Gasteiger partial charge in [-0.15, -0.1) is 0 Å². The summed E-state index contributed by atoms with van der Waals surface area (Å²) in [5.41, 5.74) is 0. The number of hydrogen-bond acceptors (Lipinski definition) is 3. The van der Waals surface area contributed by atoms with E-state index in [-0.39, 0.29) is 0 Å². The zero-order chi connectivity index (χ0) is 12.4. The first-order valence-electron chi connectivity index (χ1n) is 5.57. The molecule has 0 saturated carbocycles. The zero-order valence-corrected chi connectivity index (χ0v) is 13.9. The molecule has 0 aliphatic carbocycles. The molecule has 0 aromatic carbocycles. The van der Waals surface area contributed by atoms with Gasteiger partial charge in [0.1, 0.15) is 0 Å². The topological polar surface area (TPSA) is 15.7 Å². The Kier molecular flexibility index (Phi) is 5.20. The summed E-state index contributed by atoms with van der Waals surface area (Å²) in [6.07, 6.45) is 0.433. The van der Waals surface area contributed by atoms with E-state index in [1.807, 2.05) is 0 Å². The second-order valence-electron chi connectivity index (χ2n) is 5.87. The molecule has 0 spiro atoms. The predicted octanol–water partition coefficient (Wildman–Crippen LogP) is 2.38. The van der Waals surface area contributed by atoms with E-state index in [4.69, 9.17) is 4.12 Å². The monoisotopic (exact) mass is 248 g/mol. The summed E-state index contributed by atoms with van der Waals surface area (Å²) in [4.78, 5) is 2.22. The minimum Gasteiger partial charge on any atom is -0.445 e. The van der Waals surface area contributed by atoms with Crippen LogP contribution >= 0.6 is 0 Å². The van der Waals surface area contributed by atoms with Crippen molar-refractivity contribution in [2.24, 2.45) is 0 Å². The summed E-state index contributed by atoms with van der Waals surface area (Å²) in [6.45, 7) is 13.6. The van der Waals surface area contributed by atoms with E-state index in [1.165, 1.54) is 0 Å². The molecule has 0 aliphatic heterocycles. The molecule has 0 aromatic rings. The van der Waals surface area contributed by atoms with E-state index in [1.54, 1.807) is 0 Å². The lowest BCUT2D eigenvalue weighted by Crippen LogP contribution is -2.60. The van der Waals surface area contributed by atoms with Crippen LogP contribution in [0.4, 0.5) is 0 Å². The Bertz CT molecular complexity index is 202. The third-order valence-electron chi connectivity index (χ3n) is 2.71. The lowest BCUT2D eigenvalue weighted by Gasteiger charge is -2.43. The second kappa shape index (κ2) is 5.10. The fourth-order valence-corrected chi connectivity index (χ4v) is 9.32. The Hall–Kier alpha value is 0.314. The molecule has 0 heterocycles. The van der Waals surface area contributed by atoms with Gasteiger partial charge in [-0.2, -0.15) is 0 Å². The molecule has 0 bridgehead atoms. The Morgan fingerprint density at radius 1 is 0.933 bits per heavy atom. The lowest BCUT2D eigenvalue weighted by molar-refractivity contribution is 0.170. The molecule has 0 aliphatic rings. The first-order valence-corrected chi connectivity index (χ1v) is 11.8. The maximum Gasteiger partial charge on any atom is 0.255 e. The average molecular weight is 249 g/mol. The van der Waals surface area contributed by atoms with Gasteiger partial charge in [-0.1, -0.05) is 0 Å². The van der Waals surface area contributed by atoms with Crippen molar-refractivity contribution in [2.45, 2.75) is 45.8 Å². The Labute approximate surface area is 97.7 Å². The molecule has 0 saturated heterocycles. The number of hydrogen-bond donors (Lipinski definition) is 0. The first kappa shape index (κ1) is 15.3. The molecule has 0 amide bonds. The standard InChI is InChI=1S/C10H28N2OSi2/c1-10(11(2)3)12(4)15(8,9)13-14(5,6)7/h10H,1-9H3. The lowest BCUT2D eigenvalue weighted by atomic mass is 10.5. The highest BCUT2D eigenvalue weighted by Crippen LogP contribution is 2.19. The van der Waals surface area contributed by atoms with Crippen molar-refractivity contribution >= 4 is 16.8 Å². The highest BCUT2D eigenvalue weighted by Gasteiger charge is 2.36. The Morgan fingerprint density at radius 2 is 1.33 bits per heavy atom. The smallest absolute Gasteiger partial charge is 0.255 e. The fourth-order valence-electron chi connectivity index (χ4n) is 1.62. The van der Waals surface area contributed by atoms with Gasteiger partial charge in [-0.3, -0.25) is 9.47 Å². The number of rotatable bonds is 5. The zero-order valence-electron chi connectivity index (χ0n) is 11.9. The van der Waals surface area contributed by atoms with Gasteiger partial charge < -0.3 is 4.12 Å². The Balaban J connectivity index is 4.58. The van der Waals surface area contributed by atoms with Crippen LogP contribution in [0.25, 0.3) is 0 Å². The number of nitrogens with zero attached hydrogens (tertiary/aromatic N) is 2. The van der Waals surface area contributed by atoms with Crippen LogP contribution < -0.4 is 0 Å². The van der Waals surface area contributed by atoms with Gasteiger partial charge in [0.05, 0.1) is 6.17 Å². The van der Waals surface area contributed by atoms with Crippen LogP contribution in [0.5, 0.6) is 0 Å². The van der Waals surface area contributed by atoms with Gasteiger partial charge in [0.15, 0.2) is 8.32 Å². The van der Waals surface area contributed by atoms with Crippen molar-refractivity contribution in [3.05, 3.63) is 0 Å². The van der Waals surface area contributed by atoms with Crippen LogP contribution in [-0.2, 0) is 4.12 Å². The molecular weight excluding hydrogens is 220 g/mol. The van der Waals surface area contributed by atoms with E-state index in [0.29, 0.717) is 6.17 Å². The molecule has 0 fully saturated rings. The van der Waals surface area contributed by atoms with Crippen LogP contribution in [0, 0.1) is 0 Å². The first-order chi connectivity index (χ1) is 6.47. The summed E-state index contributed by atoms with van der Waals surface area (Å²) in [7, 11) is 3.25. The van der Waals surface area contributed by atoms with E-state index in [9.17, 15) is 0 Å². The summed E-state index contributed by atoms with van der Waals surface area (Å²) >= 11 is 0. The van der Waals surface area contributed by atoms with Crippen LogP contribution in [0.3, 0.4) is 0 Å². The molecule has 92 valence electrons. The molecule has 1 unspecified atom stereocenters. The van der Waals surface area contributed by atoms with E-state index >= 15 is 0 Å². The molecule has 3 nitrogen and oxygen atoms in total. The van der Waals surface area contributed by atoms with Crippen LogP contribution in [0.1, 0.15) is 6.92 Å².